The van der Waals surface area contributed by atoms with Gasteiger partial charge in [0.2, 0.25) is 15.9 Å². The minimum absolute atomic E-state index is 0. The zero-order chi connectivity index (χ0) is 19.7. The van der Waals surface area contributed by atoms with Crippen molar-refractivity contribution in [2.24, 2.45) is 11.3 Å². The number of rotatable bonds is 5. The summed E-state index contributed by atoms with van der Waals surface area (Å²) in [5, 5.41) is 3.43. The first-order chi connectivity index (χ1) is 12.7. The van der Waals surface area contributed by atoms with Crippen LogP contribution in [-0.4, -0.2) is 51.4 Å². The zero-order valence-electron chi connectivity index (χ0n) is 16.9. The summed E-state index contributed by atoms with van der Waals surface area (Å²) in [5.74, 6) is -0.233. The summed E-state index contributed by atoms with van der Waals surface area (Å²) in [7, 11) is -3.73. The van der Waals surface area contributed by atoms with E-state index in [2.05, 4.69) is 10.0 Å². The van der Waals surface area contributed by atoms with Crippen LogP contribution in [0.15, 0.2) is 29.2 Å². The highest BCUT2D eigenvalue weighted by Crippen LogP contribution is 2.37. The number of nitrogens with one attached hydrogen (secondary N) is 2. The van der Waals surface area contributed by atoms with Gasteiger partial charge in [0.05, 0.1) is 4.90 Å². The highest BCUT2D eigenvalue weighted by Gasteiger charge is 2.40. The van der Waals surface area contributed by atoms with Gasteiger partial charge in [-0.15, -0.1) is 12.4 Å². The maximum Gasteiger partial charge on any atom is 0.241 e. The van der Waals surface area contributed by atoms with E-state index in [0.29, 0.717) is 18.5 Å². The van der Waals surface area contributed by atoms with Crippen molar-refractivity contribution in [1.29, 1.82) is 0 Å². The van der Waals surface area contributed by atoms with Crippen molar-refractivity contribution in [2.45, 2.75) is 51.0 Å². The van der Waals surface area contributed by atoms with Crippen molar-refractivity contribution >= 4 is 28.3 Å². The van der Waals surface area contributed by atoms with Crippen LogP contribution in [0.1, 0.15) is 38.7 Å². The molecule has 3 rings (SSSR count). The number of aryl methyl sites for hydroxylation is 1. The third-order valence-electron chi connectivity index (χ3n) is 6.01. The number of benzene rings is 1. The highest BCUT2D eigenvalue weighted by molar-refractivity contribution is 7.89. The number of carbonyl (C=O) groups is 1. The van der Waals surface area contributed by atoms with E-state index in [1.807, 2.05) is 25.7 Å². The Hall–Kier alpha value is -1.15. The summed E-state index contributed by atoms with van der Waals surface area (Å²) in [5.41, 5.74) is 1.32. The van der Waals surface area contributed by atoms with Gasteiger partial charge < -0.3 is 10.2 Å². The van der Waals surface area contributed by atoms with Crippen LogP contribution in [-0.2, 0) is 14.8 Å². The van der Waals surface area contributed by atoms with Crippen LogP contribution >= 0.6 is 12.4 Å². The second-order valence-electron chi connectivity index (χ2n) is 8.41. The molecule has 2 N–H and O–H groups in total. The summed E-state index contributed by atoms with van der Waals surface area (Å²) in [4.78, 5) is 15.1. The average molecular weight is 430 g/mol. The van der Waals surface area contributed by atoms with Crippen molar-refractivity contribution in [3.8, 4) is 0 Å². The molecule has 2 aliphatic heterocycles. The van der Waals surface area contributed by atoms with Crippen molar-refractivity contribution < 1.29 is 13.2 Å². The molecule has 158 valence electrons. The molecule has 2 aliphatic rings. The SMILES string of the molecule is Cc1ccc(S(=O)(=O)NC(C(=O)N2CCC3(CCNC3)CC2)C(C)C)cc1.Cl. The molecule has 0 radical (unpaired) electrons. The average Bonchev–Trinajstić information content (AvgIpc) is 3.08. The van der Waals surface area contributed by atoms with E-state index >= 15 is 0 Å². The monoisotopic (exact) mass is 429 g/mol. The fourth-order valence-electron chi connectivity index (χ4n) is 4.04. The van der Waals surface area contributed by atoms with Crippen LogP contribution in [0, 0.1) is 18.3 Å². The number of likely N-dealkylation sites (tertiary alicyclic amines) is 1. The van der Waals surface area contributed by atoms with Crippen LogP contribution in [0.25, 0.3) is 0 Å². The molecule has 2 saturated heterocycles. The molecule has 0 saturated carbocycles. The van der Waals surface area contributed by atoms with Gasteiger partial charge in [-0.1, -0.05) is 31.5 Å². The zero-order valence-corrected chi connectivity index (χ0v) is 18.5. The molecular formula is C20H32ClN3O3S. The Bertz CT molecular complexity index is 764. The van der Waals surface area contributed by atoms with Crippen LogP contribution < -0.4 is 10.0 Å². The molecule has 0 bridgehead atoms. The summed E-state index contributed by atoms with van der Waals surface area (Å²) < 4.78 is 28.2. The quantitative estimate of drug-likeness (QED) is 0.752. The van der Waals surface area contributed by atoms with E-state index < -0.39 is 16.1 Å². The smallest absolute Gasteiger partial charge is 0.241 e. The minimum atomic E-state index is -3.73. The fraction of sp³-hybridized carbons (Fsp3) is 0.650. The molecule has 1 aromatic carbocycles. The second-order valence-corrected chi connectivity index (χ2v) is 10.1. The Morgan fingerprint density at radius 3 is 2.25 bits per heavy atom. The molecule has 6 nitrogen and oxygen atoms in total. The van der Waals surface area contributed by atoms with E-state index in [1.54, 1.807) is 24.3 Å². The first-order valence-corrected chi connectivity index (χ1v) is 11.3. The summed E-state index contributed by atoms with van der Waals surface area (Å²) in [6.07, 6.45) is 3.14. The number of sulfonamides is 1. The molecule has 8 heteroatoms. The van der Waals surface area contributed by atoms with Gasteiger partial charge in [0.15, 0.2) is 0 Å². The molecule has 0 aliphatic carbocycles. The molecule has 0 aromatic heterocycles. The van der Waals surface area contributed by atoms with Gasteiger partial charge in [0.25, 0.3) is 0 Å². The molecule has 2 fully saturated rings. The highest BCUT2D eigenvalue weighted by atomic mass is 35.5. The summed E-state index contributed by atoms with van der Waals surface area (Å²) in [6, 6.07) is 5.95. The van der Waals surface area contributed by atoms with Gasteiger partial charge >= 0.3 is 0 Å². The number of halogens is 1. The van der Waals surface area contributed by atoms with Gasteiger partial charge in [-0.05, 0) is 56.2 Å². The van der Waals surface area contributed by atoms with Crippen molar-refractivity contribution in [3.05, 3.63) is 29.8 Å². The first kappa shape index (κ1) is 23.1. The van der Waals surface area contributed by atoms with Crippen LogP contribution in [0.2, 0.25) is 0 Å². The minimum Gasteiger partial charge on any atom is -0.341 e. The standard InChI is InChI=1S/C20H31N3O3S.ClH/c1-15(2)18(22-27(25,26)17-6-4-16(3)5-7-17)19(24)23-12-9-20(10-13-23)8-11-21-14-20;/h4-7,15,18,21-22H,8-14H2,1-3H3;1H. The Balaban J connectivity index is 0.00000280. The molecule has 1 aromatic rings. The van der Waals surface area contributed by atoms with Crippen LogP contribution in [0.3, 0.4) is 0 Å². The van der Waals surface area contributed by atoms with Gasteiger partial charge in [-0.2, -0.15) is 4.72 Å². The number of carbonyl (C=O) groups excluding carboxylic acids is 1. The molecule has 28 heavy (non-hydrogen) atoms. The second kappa shape index (κ2) is 9.11. The predicted molar refractivity (Wildman–Crippen MR) is 113 cm³/mol. The molecule has 1 amide bonds. The third-order valence-corrected chi connectivity index (χ3v) is 7.47. The maximum atomic E-state index is 13.1. The number of nitrogens with zero attached hydrogens (tertiary/aromatic N) is 1. The normalized spacial score (nSPS) is 20.2. The lowest BCUT2D eigenvalue weighted by atomic mass is 9.77. The Labute approximate surface area is 174 Å². The van der Waals surface area contributed by atoms with E-state index in [-0.39, 0.29) is 29.1 Å². The van der Waals surface area contributed by atoms with E-state index in [1.165, 1.54) is 6.42 Å². The number of hydrogen-bond acceptors (Lipinski definition) is 4. The summed E-state index contributed by atoms with van der Waals surface area (Å²) in [6.45, 7) is 9.17. The van der Waals surface area contributed by atoms with Gasteiger partial charge in [-0.25, -0.2) is 8.42 Å². The Morgan fingerprint density at radius 1 is 1.14 bits per heavy atom. The lowest BCUT2D eigenvalue weighted by Crippen LogP contribution is -2.54. The molecule has 2 heterocycles. The lowest BCUT2D eigenvalue weighted by Gasteiger charge is -2.40. The molecule has 1 spiro atoms. The largest absolute Gasteiger partial charge is 0.341 e. The number of hydrogen-bond donors (Lipinski definition) is 2. The Morgan fingerprint density at radius 2 is 1.75 bits per heavy atom. The first-order valence-electron chi connectivity index (χ1n) is 9.81. The summed E-state index contributed by atoms with van der Waals surface area (Å²) >= 11 is 0. The molecular weight excluding hydrogens is 398 g/mol. The van der Waals surface area contributed by atoms with E-state index in [4.69, 9.17) is 0 Å². The maximum absolute atomic E-state index is 13.1. The van der Waals surface area contributed by atoms with Gasteiger partial charge in [0.1, 0.15) is 6.04 Å². The van der Waals surface area contributed by atoms with Crippen LogP contribution in [0.4, 0.5) is 0 Å². The van der Waals surface area contributed by atoms with Crippen molar-refractivity contribution in [1.82, 2.24) is 14.9 Å². The predicted octanol–water partition coefficient (Wildman–Crippen LogP) is 2.32. The third kappa shape index (κ3) is 5.06. The van der Waals surface area contributed by atoms with Crippen LogP contribution in [0.5, 0.6) is 0 Å². The van der Waals surface area contributed by atoms with E-state index in [9.17, 15) is 13.2 Å². The Kier molecular flexibility index (Phi) is 7.53. The van der Waals surface area contributed by atoms with Crippen molar-refractivity contribution in [2.75, 3.05) is 26.2 Å². The van der Waals surface area contributed by atoms with E-state index in [0.717, 1.165) is 31.5 Å². The number of piperidine rings is 1. The molecule has 1 atom stereocenters. The topological polar surface area (TPSA) is 78.5 Å². The van der Waals surface area contributed by atoms with Gasteiger partial charge in [0, 0.05) is 19.6 Å². The number of amides is 1. The molecule has 1 unspecified atom stereocenters. The lowest BCUT2D eigenvalue weighted by molar-refractivity contribution is -0.136. The fourth-order valence-corrected chi connectivity index (χ4v) is 5.38. The van der Waals surface area contributed by atoms with Crippen molar-refractivity contribution in [3.63, 3.8) is 0 Å². The van der Waals surface area contributed by atoms with Gasteiger partial charge in [-0.3, -0.25) is 4.79 Å².